The first-order valence-electron chi connectivity index (χ1n) is 12.9. The highest BCUT2D eigenvalue weighted by Gasteiger charge is 2.53. The molecule has 2 aliphatic heterocycles. The van der Waals surface area contributed by atoms with Crippen LogP contribution >= 0.6 is 0 Å². The second-order valence-electron chi connectivity index (χ2n) is 10.4. The molecule has 3 heterocycles. The largest absolute Gasteiger partial charge is 0.737 e. The van der Waals surface area contributed by atoms with Crippen molar-refractivity contribution >= 4 is 35.7 Å². The lowest BCUT2D eigenvalue weighted by Gasteiger charge is -2.31. The minimum Gasteiger partial charge on any atom is -0.395 e. The van der Waals surface area contributed by atoms with E-state index in [0.29, 0.717) is 39.2 Å². The van der Waals surface area contributed by atoms with Crippen LogP contribution in [0.25, 0.3) is 22.3 Å². The highest BCUT2D eigenvalue weighted by molar-refractivity contribution is 6.58. The van der Waals surface area contributed by atoms with Crippen molar-refractivity contribution in [3.63, 3.8) is 0 Å². The van der Waals surface area contributed by atoms with Gasteiger partial charge in [0.05, 0.1) is 15.4 Å². The highest BCUT2D eigenvalue weighted by atomic mass is 19.2. The molecule has 8 nitrogen and oxygen atoms in total. The van der Waals surface area contributed by atoms with Crippen molar-refractivity contribution in [1.29, 1.82) is 0 Å². The van der Waals surface area contributed by atoms with Crippen molar-refractivity contribution in [2.75, 3.05) is 0 Å². The van der Waals surface area contributed by atoms with Crippen LogP contribution < -0.4 is 0 Å². The predicted octanol–water partition coefficient (Wildman–Crippen LogP) is 7.07. The summed E-state index contributed by atoms with van der Waals surface area (Å²) in [5, 5.41) is 22.2. The van der Waals surface area contributed by atoms with Crippen LogP contribution in [0.2, 0.25) is 0 Å². The standard InChI is InChI=1S/C30H23BF2N4O4/c1-18-12-19(2)29(20(3)13-18)30-27-14-23(21-4-8-25(9-5-21)36(38)39)16-34(27)31(32,33)35-17-24(15-28(30)35)22-6-10-26(11-7-22)37(40)41/h4-17H,1-3H3. The Bertz CT molecular complexity index is 1870. The first-order valence-corrected chi connectivity index (χ1v) is 12.9. The Morgan fingerprint density at radius 1 is 0.780 bits per heavy atom. The zero-order chi connectivity index (χ0) is 29.2. The summed E-state index contributed by atoms with van der Waals surface area (Å²) in [6, 6.07) is 17.4. The number of allylic oxidation sites excluding steroid dienone is 2. The lowest BCUT2D eigenvalue weighted by atomic mass is 9.83. The van der Waals surface area contributed by atoms with Crippen LogP contribution in [0.3, 0.4) is 0 Å². The molecule has 0 amide bonds. The number of aromatic nitrogens is 1. The van der Waals surface area contributed by atoms with Gasteiger partial charge in [0.2, 0.25) is 0 Å². The number of rotatable bonds is 5. The van der Waals surface area contributed by atoms with Gasteiger partial charge < -0.3 is 17.6 Å². The second-order valence-corrected chi connectivity index (χ2v) is 10.4. The Kier molecular flexibility index (Phi) is 5.84. The molecule has 0 bridgehead atoms. The summed E-state index contributed by atoms with van der Waals surface area (Å²) < 4.78 is 34.7. The Labute approximate surface area is 233 Å². The molecule has 2 aliphatic rings. The molecule has 0 unspecified atom stereocenters. The number of hydrogen-bond acceptors (Lipinski definition) is 4. The van der Waals surface area contributed by atoms with E-state index in [2.05, 4.69) is 0 Å². The van der Waals surface area contributed by atoms with E-state index in [0.717, 1.165) is 31.2 Å². The smallest absolute Gasteiger partial charge is 0.395 e. The lowest BCUT2D eigenvalue weighted by molar-refractivity contribution is -0.385. The normalized spacial score (nSPS) is 15.2. The van der Waals surface area contributed by atoms with Gasteiger partial charge in [0, 0.05) is 41.6 Å². The van der Waals surface area contributed by atoms with Crippen molar-refractivity contribution in [3.05, 3.63) is 138 Å². The van der Waals surface area contributed by atoms with Gasteiger partial charge in [-0.25, -0.2) is 0 Å². The molecule has 0 saturated carbocycles. The quantitative estimate of drug-likeness (QED) is 0.150. The minimum atomic E-state index is -4.32. The third kappa shape index (κ3) is 4.17. The van der Waals surface area contributed by atoms with E-state index >= 15 is 8.63 Å². The van der Waals surface area contributed by atoms with Gasteiger partial charge in [0.15, 0.2) is 5.70 Å². The van der Waals surface area contributed by atoms with E-state index in [4.69, 9.17) is 0 Å². The van der Waals surface area contributed by atoms with E-state index in [1.807, 2.05) is 32.9 Å². The Balaban J connectivity index is 1.59. The fourth-order valence-corrected chi connectivity index (χ4v) is 5.84. The fraction of sp³-hybridized carbons (Fsp3) is 0.100. The second kappa shape index (κ2) is 9.19. The molecule has 0 aliphatic carbocycles. The molecule has 11 heteroatoms. The summed E-state index contributed by atoms with van der Waals surface area (Å²) in [6.07, 6.45) is 4.49. The van der Waals surface area contributed by atoms with Crippen LogP contribution in [0.5, 0.6) is 0 Å². The topological polar surface area (TPSA) is 94.2 Å². The lowest BCUT2D eigenvalue weighted by Crippen LogP contribution is -2.49. The summed E-state index contributed by atoms with van der Waals surface area (Å²) in [4.78, 5) is 21.2. The van der Waals surface area contributed by atoms with Crippen LogP contribution in [0.1, 0.15) is 33.5 Å². The predicted molar refractivity (Wildman–Crippen MR) is 154 cm³/mol. The van der Waals surface area contributed by atoms with Gasteiger partial charge in [-0.2, -0.15) is 0 Å². The zero-order valence-corrected chi connectivity index (χ0v) is 22.3. The number of nitrogens with zero attached hydrogens (tertiary/aromatic N) is 4. The molecule has 41 heavy (non-hydrogen) atoms. The maximum Gasteiger partial charge on any atom is 0.737 e. The molecule has 1 aromatic heterocycles. The first-order chi connectivity index (χ1) is 19.5. The van der Waals surface area contributed by atoms with Gasteiger partial charge in [-0.15, -0.1) is 0 Å². The van der Waals surface area contributed by atoms with Crippen LogP contribution in [0.4, 0.5) is 20.0 Å². The van der Waals surface area contributed by atoms with Gasteiger partial charge in [-0.1, -0.05) is 17.7 Å². The summed E-state index contributed by atoms with van der Waals surface area (Å²) >= 11 is 0. The van der Waals surface area contributed by atoms with Gasteiger partial charge in [-0.3, -0.25) is 20.2 Å². The van der Waals surface area contributed by atoms with Gasteiger partial charge >= 0.3 is 6.97 Å². The average Bonchev–Trinajstić information content (AvgIpc) is 3.57. The van der Waals surface area contributed by atoms with Crippen molar-refractivity contribution in [3.8, 4) is 11.1 Å². The molecule has 3 aromatic carbocycles. The van der Waals surface area contributed by atoms with Crippen molar-refractivity contribution < 1.29 is 23.0 Å². The Hall–Kier alpha value is -5.19. The number of benzene rings is 3. The van der Waals surface area contributed by atoms with Crippen LogP contribution in [-0.4, -0.2) is 32.0 Å². The maximum atomic E-state index is 16.3. The maximum absolute atomic E-state index is 16.3. The molecule has 4 aromatic rings. The van der Waals surface area contributed by atoms with E-state index in [9.17, 15) is 20.2 Å². The molecule has 0 radical (unpaired) electrons. The molecular formula is C30H23BF2N4O4. The van der Waals surface area contributed by atoms with Crippen molar-refractivity contribution in [2.24, 2.45) is 0 Å². The van der Waals surface area contributed by atoms with Crippen LogP contribution in [0, 0.1) is 41.0 Å². The monoisotopic (exact) mass is 552 g/mol. The van der Waals surface area contributed by atoms with Gasteiger partial charge in [-0.05, 0) is 90.7 Å². The number of non-ortho nitro benzene ring substituents is 2. The van der Waals surface area contributed by atoms with Crippen molar-refractivity contribution in [2.45, 2.75) is 20.8 Å². The Morgan fingerprint density at radius 3 is 1.85 bits per heavy atom. The van der Waals surface area contributed by atoms with Gasteiger partial charge in [0.1, 0.15) is 6.21 Å². The third-order valence-electron chi connectivity index (χ3n) is 7.63. The van der Waals surface area contributed by atoms with E-state index in [-0.39, 0.29) is 11.4 Å². The SMILES string of the molecule is Cc1cc(C)c(C2=C3C=C(c4ccc([N+](=O)[O-])cc4)C=[N+]3[B-](F)(F)n3cc(-c4ccc([N+](=O)[O-])cc4)cc32)c(C)c1. The Morgan fingerprint density at radius 2 is 1.32 bits per heavy atom. The number of aryl methyl sites for hydroxylation is 3. The van der Waals surface area contributed by atoms with E-state index < -0.39 is 16.8 Å². The molecule has 204 valence electrons. The number of nitro benzene ring substituents is 2. The molecule has 6 rings (SSSR count). The van der Waals surface area contributed by atoms with Gasteiger partial charge in [0.25, 0.3) is 11.4 Å². The van der Waals surface area contributed by atoms with E-state index in [1.165, 1.54) is 36.7 Å². The number of hydrogen-bond donors (Lipinski definition) is 0. The minimum absolute atomic E-state index is 0.0832. The highest BCUT2D eigenvalue weighted by Crippen LogP contribution is 2.44. The summed E-state index contributed by atoms with van der Waals surface area (Å²) in [6.45, 7) is 1.57. The third-order valence-corrected chi connectivity index (χ3v) is 7.63. The number of nitro groups is 2. The molecule has 0 fully saturated rings. The molecule has 0 saturated heterocycles. The van der Waals surface area contributed by atoms with E-state index in [1.54, 1.807) is 36.4 Å². The molecule has 0 atom stereocenters. The van der Waals surface area contributed by atoms with Crippen LogP contribution in [0.15, 0.2) is 84.7 Å². The zero-order valence-electron chi connectivity index (χ0n) is 22.3. The summed E-state index contributed by atoms with van der Waals surface area (Å²) in [7, 11) is 0. The number of halogens is 2. The summed E-state index contributed by atoms with van der Waals surface area (Å²) in [5.74, 6) is 0. The first kappa shape index (κ1) is 26.1. The van der Waals surface area contributed by atoms with Crippen molar-refractivity contribution in [1.82, 2.24) is 4.48 Å². The molecular weight excluding hydrogens is 529 g/mol. The average molecular weight is 552 g/mol. The fourth-order valence-electron chi connectivity index (χ4n) is 5.84. The summed E-state index contributed by atoms with van der Waals surface area (Å²) in [5.41, 5.74) is 7.08. The molecule has 0 spiro atoms. The number of fused-ring (bicyclic) bond motifs is 2. The van der Waals surface area contributed by atoms with Crippen LogP contribution in [-0.2, 0) is 0 Å². The molecule has 0 N–H and O–H groups in total.